The van der Waals surface area contributed by atoms with Crippen LogP contribution in [0.2, 0.25) is 0 Å². The molecule has 60 valence electrons. The van der Waals surface area contributed by atoms with Crippen molar-refractivity contribution >= 4 is 17.3 Å². The summed E-state index contributed by atoms with van der Waals surface area (Å²) in [4.78, 5) is 32.4. The monoisotopic (exact) mass is 154 g/mol. The summed E-state index contributed by atoms with van der Waals surface area (Å²) in [5.74, 6) is -0.976. The fourth-order valence-electron chi connectivity index (χ4n) is 1.11. The third kappa shape index (κ3) is 2.26. The molecule has 1 saturated carbocycles. The van der Waals surface area contributed by atoms with Crippen molar-refractivity contribution < 1.29 is 14.4 Å². The summed E-state index contributed by atoms with van der Waals surface area (Å²) < 4.78 is 0. The minimum atomic E-state index is -0.505. The summed E-state index contributed by atoms with van der Waals surface area (Å²) in [7, 11) is 0. The molecule has 1 aliphatic carbocycles. The van der Waals surface area contributed by atoms with Gasteiger partial charge in [0.25, 0.3) is 0 Å². The lowest BCUT2D eigenvalue weighted by atomic mass is 9.98. The Hall–Kier alpha value is -0.990. The van der Waals surface area contributed by atoms with Crippen LogP contribution in [0.1, 0.15) is 32.1 Å². The van der Waals surface area contributed by atoms with Gasteiger partial charge in [0.05, 0.1) is 6.42 Å². The highest BCUT2D eigenvalue weighted by molar-refractivity contribution is 6.40. The van der Waals surface area contributed by atoms with Crippen molar-refractivity contribution in [1.82, 2.24) is 0 Å². The number of carbonyl (C=O) groups is 3. The van der Waals surface area contributed by atoms with Crippen molar-refractivity contribution in [2.75, 3.05) is 0 Å². The number of hydrogen-bond acceptors (Lipinski definition) is 3. The molecule has 0 aromatic carbocycles. The van der Waals surface area contributed by atoms with E-state index in [1.165, 1.54) is 0 Å². The van der Waals surface area contributed by atoms with E-state index in [0.717, 1.165) is 6.42 Å². The maximum absolute atomic E-state index is 10.8. The maximum atomic E-state index is 10.8. The summed E-state index contributed by atoms with van der Waals surface area (Å²) in [6, 6.07) is 0. The molecule has 0 spiro atoms. The Bertz CT molecular complexity index is 205. The Morgan fingerprint density at radius 3 is 2.18 bits per heavy atom. The molecule has 0 atom stereocenters. The lowest BCUT2D eigenvalue weighted by Gasteiger charge is -2.04. The molecule has 1 fully saturated rings. The Labute approximate surface area is 64.8 Å². The smallest absolute Gasteiger partial charge is 0.205 e. The molecule has 0 aliphatic heterocycles. The number of hydrogen-bond donors (Lipinski definition) is 0. The Morgan fingerprint density at radius 2 is 1.45 bits per heavy atom. The minimum absolute atomic E-state index is 0.0944. The first-order valence-electron chi connectivity index (χ1n) is 3.78. The van der Waals surface area contributed by atoms with Gasteiger partial charge in [-0.2, -0.15) is 0 Å². The molecular formula is C8H10O3. The molecule has 3 nitrogen and oxygen atoms in total. The molecule has 1 aliphatic rings. The van der Waals surface area contributed by atoms with Crippen molar-refractivity contribution in [3.8, 4) is 0 Å². The van der Waals surface area contributed by atoms with Crippen LogP contribution in [0.15, 0.2) is 0 Å². The molecule has 11 heavy (non-hydrogen) atoms. The van der Waals surface area contributed by atoms with Crippen LogP contribution in [0.5, 0.6) is 0 Å². The SMILES string of the molecule is O=C1CCCCC(=O)C(=O)C1. The zero-order valence-corrected chi connectivity index (χ0v) is 6.26. The summed E-state index contributed by atoms with van der Waals surface area (Å²) >= 11 is 0. The van der Waals surface area contributed by atoms with E-state index in [1.807, 2.05) is 0 Å². The van der Waals surface area contributed by atoms with Gasteiger partial charge in [0.15, 0.2) is 5.78 Å². The van der Waals surface area contributed by atoms with E-state index >= 15 is 0 Å². The molecule has 1 rings (SSSR count). The third-order valence-electron chi connectivity index (χ3n) is 1.78. The van der Waals surface area contributed by atoms with Crippen LogP contribution >= 0.6 is 0 Å². The van der Waals surface area contributed by atoms with Gasteiger partial charge in [0.2, 0.25) is 5.78 Å². The third-order valence-corrected chi connectivity index (χ3v) is 1.78. The van der Waals surface area contributed by atoms with Gasteiger partial charge in [0.1, 0.15) is 5.78 Å². The lowest BCUT2D eigenvalue weighted by Crippen LogP contribution is -2.20. The van der Waals surface area contributed by atoms with Crippen LogP contribution in [-0.4, -0.2) is 17.3 Å². The lowest BCUT2D eigenvalue weighted by molar-refractivity contribution is -0.139. The molecule has 0 aromatic heterocycles. The average Bonchev–Trinajstić information content (AvgIpc) is 1.95. The molecule has 0 bridgehead atoms. The van der Waals surface area contributed by atoms with Crippen molar-refractivity contribution in [2.45, 2.75) is 32.1 Å². The van der Waals surface area contributed by atoms with Crippen molar-refractivity contribution in [1.29, 1.82) is 0 Å². The van der Waals surface area contributed by atoms with Gasteiger partial charge >= 0.3 is 0 Å². The van der Waals surface area contributed by atoms with Crippen molar-refractivity contribution in [2.24, 2.45) is 0 Å². The fourth-order valence-corrected chi connectivity index (χ4v) is 1.11. The largest absolute Gasteiger partial charge is 0.299 e. The normalized spacial score (nSPS) is 21.3. The van der Waals surface area contributed by atoms with E-state index in [9.17, 15) is 14.4 Å². The van der Waals surface area contributed by atoms with Crippen LogP contribution in [0.25, 0.3) is 0 Å². The van der Waals surface area contributed by atoms with E-state index in [-0.39, 0.29) is 18.0 Å². The first-order chi connectivity index (χ1) is 5.20. The van der Waals surface area contributed by atoms with Crippen LogP contribution in [0.4, 0.5) is 0 Å². The molecular weight excluding hydrogens is 144 g/mol. The molecule has 0 unspecified atom stereocenters. The number of rotatable bonds is 0. The molecule has 0 aromatic rings. The van der Waals surface area contributed by atoms with Crippen LogP contribution < -0.4 is 0 Å². The van der Waals surface area contributed by atoms with Crippen LogP contribution in [0.3, 0.4) is 0 Å². The molecule has 3 heteroatoms. The molecule has 0 saturated heterocycles. The van der Waals surface area contributed by atoms with Gasteiger partial charge < -0.3 is 0 Å². The molecule has 0 N–H and O–H groups in total. The highest BCUT2D eigenvalue weighted by Crippen LogP contribution is 2.08. The minimum Gasteiger partial charge on any atom is -0.299 e. The zero-order valence-electron chi connectivity index (χ0n) is 6.26. The predicted octanol–water partition coefficient (Wildman–Crippen LogP) is 0.658. The first-order valence-corrected chi connectivity index (χ1v) is 3.78. The standard InChI is InChI=1S/C8H10O3/c9-6-3-1-2-4-7(10)8(11)5-6/h1-5H2. The maximum Gasteiger partial charge on any atom is 0.205 e. The van der Waals surface area contributed by atoms with E-state index in [4.69, 9.17) is 0 Å². The van der Waals surface area contributed by atoms with E-state index in [1.54, 1.807) is 0 Å². The van der Waals surface area contributed by atoms with Gasteiger partial charge in [-0.25, -0.2) is 0 Å². The predicted molar refractivity (Wildman–Crippen MR) is 38.1 cm³/mol. The topological polar surface area (TPSA) is 51.2 Å². The molecule has 0 radical (unpaired) electrons. The summed E-state index contributed by atoms with van der Waals surface area (Å²) in [5.41, 5.74) is 0. The van der Waals surface area contributed by atoms with Gasteiger partial charge in [-0.3, -0.25) is 14.4 Å². The Balaban J connectivity index is 2.59. The first kappa shape index (κ1) is 8.11. The summed E-state index contributed by atoms with van der Waals surface area (Å²) in [6.07, 6.45) is 2.04. The van der Waals surface area contributed by atoms with Gasteiger partial charge in [0, 0.05) is 12.8 Å². The van der Waals surface area contributed by atoms with Crippen molar-refractivity contribution in [3.63, 3.8) is 0 Å². The quantitative estimate of drug-likeness (QED) is 0.380. The Kier molecular flexibility index (Phi) is 2.52. The number of carbonyl (C=O) groups excluding carboxylic acids is 3. The average molecular weight is 154 g/mol. The summed E-state index contributed by atoms with van der Waals surface area (Å²) in [6.45, 7) is 0. The van der Waals surface area contributed by atoms with E-state index in [2.05, 4.69) is 0 Å². The molecule has 0 amide bonds. The second-order valence-electron chi connectivity index (χ2n) is 2.77. The Morgan fingerprint density at radius 1 is 0.818 bits per heavy atom. The number of Topliss-reactive ketones (excluding diaryl/α,β-unsaturated/α-hetero) is 3. The van der Waals surface area contributed by atoms with Gasteiger partial charge in [-0.1, -0.05) is 0 Å². The van der Waals surface area contributed by atoms with Crippen LogP contribution in [-0.2, 0) is 14.4 Å². The highest BCUT2D eigenvalue weighted by atomic mass is 16.2. The van der Waals surface area contributed by atoms with Gasteiger partial charge in [-0.15, -0.1) is 0 Å². The zero-order chi connectivity index (χ0) is 8.27. The highest BCUT2D eigenvalue weighted by Gasteiger charge is 2.19. The van der Waals surface area contributed by atoms with Crippen LogP contribution in [0, 0.1) is 0 Å². The van der Waals surface area contributed by atoms with Crippen molar-refractivity contribution in [3.05, 3.63) is 0 Å². The van der Waals surface area contributed by atoms with E-state index in [0.29, 0.717) is 19.3 Å². The second kappa shape index (κ2) is 3.42. The van der Waals surface area contributed by atoms with E-state index < -0.39 is 5.78 Å². The second-order valence-corrected chi connectivity index (χ2v) is 2.77. The molecule has 0 heterocycles. The number of ketones is 3. The fraction of sp³-hybridized carbons (Fsp3) is 0.625. The summed E-state index contributed by atoms with van der Waals surface area (Å²) in [5, 5.41) is 0. The van der Waals surface area contributed by atoms with Gasteiger partial charge in [-0.05, 0) is 12.8 Å².